The quantitative estimate of drug-likeness (QED) is 0.621. The number of carbonyl (C=O) groups excluding carboxylic acids is 2. The zero-order chi connectivity index (χ0) is 20.8. The van der Waals surface area contributed by atoms with E-state index in [1.165, 1.54) is 11.3 Å². The molecule has 29 heavy (non-hydrogen) atoms. The zero-order valence-corrected chi connectivity index (χ0v) is 17.1. The van der Waals surface area contributed by atoms with E-state index in [0.717, 1.165) is 18.4 Å². The van der Waals surface area contributed by atoms with Crippen LogP contribution in [0.1, 0.15) is 54.1 Å². The Bertz CT molecular complexity index is 943. The molecule has 0 saturated heterocycles. The molecule has 0 radical (unpaired) electrons. The van der Waals surface area contributed by atoms with Gasteiger partial charge in [-0.2, -0.15) is 5.26 Å². The topological polar surface area (TPSA) is 97.6 Å². The number of esters is 1. The van der Waals surface area contributed by atoms with Gasteiger partial charge in [-0.05, 0) is 55.7 Å². The molecule has 8 heteroatoms. The molecule has 0 bridgehead atoms. The highest BCUT2D eigenvalue weighted by Crippen LogP contribution is 2.46. The number of hydrogen-bond acceptors (Lipinski definition) is 7. The molecule has 1 heterocycles. The first-order valence-electron chi connectivity index (χ1n) is 9.45. The Kier molecular flexibility index (Phi) is 6.73. The van der Waals surface area contributed by atoms with Crippen LogP contribution in [-0.4, -0.2) is 31.7 Å². The highest BCUT2D eigenvalue weighted by Gasteiger charge is 2.32. The largest absolute Gasteiger partial charge is 0.490 e. The summed E-state index contributed by atoms with van der Waals surface area (Å²) in [6, 6.07) is 6.79. The molecule has 1 aromatic carbocycles. The van der Waals surface area contributed by atoms with E-state index in [4.69, 9.17) is 19.5 Å². The third-order valence-electron chi connectivity index (χ3n) is 4.30. The van der Waals surface area contributed by atoms with Gasteiger partial charge in [0.25, 0.3) is 5.91 Å². The maximum absolute atomic E-state index is 12.4. The Morgan fingerprint density at radius 2 is 2.00 bits per heavy atom. The van der Waals surface area contributed by atoms with Crippen molar-refractivity contribution in [1.82, 2.24) is 0 Å². The Labute approximate surface area is 173 Å². The van der Waals surface area contributed by atoms with Crippen molar-refractivity contribution in [1.29, 1.82) is 5.26 Å². The molecule has 1 N–H and O–H groups in total. The van der Waals surface area contributed by atoms with Crippen molar-refractivity contribution >= 4 is 28.2 Å². The lowest BCUT2D eigenvalue weighted by Gasteiger charge is -2.12. The molecule has 0 unspecified atom stereocenters. The molecule has 0 atom stereocenters. The van der Waals surface area contributed by atoms with Crippen LogP contribution in [0.5, 0.6) is 11.5 Å². The minimum absolute atomic E-state index is 0.259. The summed E-state index contributed by atoms with van der Waals surface area (Å²) < 4.78 is 16.2. The van der Waals surface area contributed by atoms with Crippen LogP contribution in [0.25, 0.3) is 0 Å². The lowest BCUT2D eigenvalue weighted by atomic mass is 10.1. The summed E-state index contributed by atoms with van der Waals surface area (Å²) in [5, 5.41) is 14.2. The predicted octanol–water partition coefficient (Wildman–Crippen LogP) is 4.09. The first-order valence-corrected chi connectivity index (χ1v) is 10.3. The highest BCUT2D eigenvalue weighted by atomic mass is 32.1. The number of ether oxygens (including phenoxy) is 3. The van der Waals surface area contributed by atoms with Crippen molar-refractivity contribution in [3.05, 3.63) is 40.3 Å². The molecule has 3 rings (SSSR count). The lowest BCUT2D eigenvalue weighted by molar-refractivity contribution is -0.118. The van der Waals surface area contributed by atoms with Gasteiger partial charge >= 0.3 is 5.97 Å². The van der Waals surface area contributed by atoms with Crippen LogP contribution < -0.4 is 14.8 Å². The second kappa shape index (κ2) is 9.43. The Hall–Kier alpha value is -3.05. The summed E-state index contributed by atoms with van der Waals surface area (Å²) >= 11 is 1.32. The van der Waals surface area contributed by atoms with Crippen molar-refractivity contribution in [2.75, 3.05) is 25.1 Å². The minimum Gasteiger partial charge on any atom is -0.490 e. The fourth-order valence-electron chi connectivity index (χ4n) is 2.84. The van der Waals surface area contributed by atoms with Crippen molar-refractivity contribution in [2.45, 2.75) is 32.6 Å². The summed E-state index contributed by atoms with van der Waals surface area (Å²) in [5.41, 5.74) is 1.83. The monoisotopic (exact) mass is 414 g/mol. The van der Waals surface area contributed by atoms with Gasteiger partial charge in [0.2, 0.25) is 0 Å². The maximum Gasteiger partial charge on any atom is 0.341 e. The van der Waals surface area contributed by atoms with Crippen LogP contribution in [0.4, 0.5) is 5.00 Å². The molecular weight excluding hydrogens is 392 g/mol. The van der Waals surface area contributed by atoms with Crippen LogP contribution in [0, 0.1) is 11.3 Å². The van der Waals surface area contributed by atoms with E-state index >= 15 is 0 Å². The van der Waals surface area contributed by atoms with E-state index < -0.39 is 11.9 Å². The average Bonchev–Trinajstić information content (AvgIpc) is 3.47. The van der Waals surface area contributed by atoms with Crippen molar-refractivity contribution in [3.63, 3.8) is 0 Å². The van der Waals surface area contributed by atoms with Crippen molar-refractivity contribution in [2.24, 2.45) is 0 Å². The molecule has 1 fully saturated rings. The number of nitriles is 1. The number of rotatable bonds is 9. The molecule has 2 aromatic rings. The van der Waals surface area contributed by atoms with Crippen LogP contribution in [0.2, 0.25) is 0 Å². The molecule has 0 spiro atoms. The first-order chi connectivity index (χ1) is 14.1. The van der Waals surface area contributed by atoms with E-state index in [2.05, 4.69) is 5.32 Å². The van der Waals surface area contributed by atoms with Gasteiger partial charge in [-0.1, -0.05) is 0 Å². The van der Waals surface area contributed by atoms with Crippen LogP contribution in [-0.2, 0) is 9.53 Å². The molecule has 7 nitrogen and oxygen atoms in total. The van der Waals surface area contributed by atoms with Gasteiger partial charge in [0, 0.05) is 6.07 Å². The summed E-state index contributed by atoms with van der Waals surface area (Å²) in [5.74, 6) is 0.319. The summed E-state index contributed by atoms with van der Waals surface area (Å²) in [4.78, 5) is 24.8. The third kappa shape index (κ3) is 5.06. The lowest BCUT2D eigenvalue weighted by Crippen LogP contribution is -2.21. The van der Waals surface area contributed by atoms with Gasteiger partial charge in [-0.3, -0.25) is 4.79 Å². The Morgan fingerprint density at radius 3 is 2.66 bits per heavy atom. The van der Waals surface area contributed by atoms with Crippen molar-refractivity contribution < 1.29 is 23.8 Å². The van der Waals surface area contributed by atoms with Gasteiger partial charge in [-0.25, -0.2) is 4.79 Å². The fourth-order valence-corrected chi connectivity index (χ4v) is 3.89. The number of amides is 1. The van der Waals surface area contributed by atoms with Gasteiger partial charge in [-0.15, -0.1) is 11.3 Å². The Balaban J connectivity index is 1.69. The average molecular weight is 414 g/mol. The third-order valence-corrected chi connectivity index (χ3v) is 5.21. The normalized spacial score (nSPS) is 12.7. The van der Waals surface area contributed by atoms with Crippen molar-refractivity contribution in [3.8, 4) is 17.6 Å². The van der Waals surface area contributed by atoms with Gasteiger partial charge in [0.05, 0.1) is 30.4 Å². The smallest absolute Gasteiger partial charge is 0.341 e. The van der Waals surface area contributed by atoms with Crippen LogP contribution in [0.3, 0.4) is 0 Å². The number of nitrogens with one attached hydrogen (secondary N) is 1. The van der Waals surface area contributed by atoms with E-state index in [1.54, 1.807) is 25.1 Å². The van der Waals surface area contributed by atoms with E-state index in [-0.39, 0.29) is 13.2 Å². The molecule has 1 saturated carbocycles. The van der Waals surface area contributed by atoms with Crippen LogP contribution >= 0.6 is 11.3 Å². The van der Waals surface area contributed by atoms with Gasteiger partial charge < -0.3 is 19.5 Å². The number of hydrogen-bond donors (Lipinski definition) is 1. The fraction of sp³-hybridized carbons (Fsp3) is 0.381. The summed E-state index contributed by atoms with van der Waals surface area (Å²) in [6.45, 7) is 3.99. The molecule has 1 aliphatic carbocycles. The maximum atomic E-state index is 12.4. The Morgan fingerprint density at radius 1 is 1.21 bits per heavy atom. The highest BCUT2D eigenvalue weighted by molar-refractivity contribution is 7.15. The van der Waals surface area contributed by atoms with Gasteiger partial charge in [0.1, 0.15) is 5.00 Å². The minimum atomic E-state index is -0.419. The summed E-state index contributed by atoms with van der Waals surface area (Å²) in [7, 11) is 0. The molecule has 0 aliphatic heterocycles. The SMILES string of the molecule is CCOC(=O)c1c(C2CC2)csc1NC(=O)COc1ccc(C#N)cc1OCC. The predicted molar refractivity (Wildman–Crippen MR) is 109 cm³/mol. The molecule has 1 aliphatic rings. The standard InChI is InChI=1S/C21H22N2O5S/c1-3-26-17-9-13(10-22)5-8-16(17)28-11-18(24)23-20-19(21(25)27-4-2)15(12-29-20)14-6-7-14/h5,8-9,12,14H,3-4,6-7,11H2,1-2H3,(H,23,24). The molecular formula is C21H22N2O5S. The van der Waals surface area contributed by atoms with Crippen LogP contribution in [0.15, 0.2) is 23.6 Å². The zero-order valence-electron chi connectivity index (χ0n) is 16.3. The number of thiophene rings is 1. The summed E-state index contributed by atoms with van der Waals surface area (Å²) in [6.07, 6.45) is 2.08. The number of benzene rings is 1. The van der Waals surface area contributed by atoms with E-state index in [1.807, 2.05) is 18.4 Å². The van der Waals surface area contributed by atoms with E-state index in [9.17, 15) is 9.59 Å². The second-order valence-electron chi connectivity index (χ2n) is 6.43. The number of nitrogens with zero attached hydrogens (tertiary/aromatic N) is 1. The van der Waals surface area contributed by atoms with Gasteiger partial charge in [0.15, 0.2) is 18.1 Å². The first kappa shape index (κ1) is 20.7. The molecule has 152 valence electrons. The number of carbonyl (C=O) groups is 2. The second-order valence-corrected chi connectivity index (χ2v) is 7.31. The van der Waals surface area contributed by atoms with E-state index in [0.29, 0.717) is 40.2 Å². The molecule has 1 amide bonds. The molecule has 1 aromatic heterocycles. The number of anilines is 1.